The van der Waals surface area contributed by atoms with Gasteiger partial charge in [-0.3, -0.25) is 0 Å². The zero-order valence-corrected chi connectivity index (χ0v) is 22.2. The predicted molar refractivity (Wildman–Crippen MR) is 137 cm³/mol. The number of carbonyl (C=O) groups is 1. The minimum Gasteiger partial charge on any atom is -0.449 e. The molecule has 1 amide bonds. The van der Waals surface area contributed by atoms with E-state index in [2.05, 4.69) is 15.7 Å². The zero-order chi connectivity index (χ0) is 26.5. The third-order valence-corrected chi connectivity index (χ3v) is 8.23. The molecule has 37 heavy (non-hydrogen) atoms. The summed E-state index contributed by atoms with van der Waals surface area (Å²) in [5.74, 6) is -2.71. The normalized spacial score (nSPS) is 23.0. The number of carbonyl (C=O) groups excluding carboxylic acids is 1. The fourth-order valence-corrected chi connectivity index (χ4v) is 5.33. The Morgan fingerprint density at radius 3 is 2.46 bits per heavy atom. The third-order valence-electron chi connectivity index (χ3n) is 8.23. The number of halogens is 2. The highest BCUT2D eigenvalue weighted by molar-refractivity contribution is 5.68. The van der Waals surface area contributed by atoms with Gasteiger partial charge in [0.2, 0.25) is 5.92 Å². The lowest BCUT2D eigenvalue weighted by molar-refractivity contribution is -0.0605. The lowest BCUT2D eigenvalue weighted by Crippen LogP contribution is -2.45. The average Bonchev–Trinajstić information content (AvgIpc) is 3.69. The van der Waals surface area contributed by atoms with Crippen LogP contribution >= 0.6 is 0 Å². The number of aromatic nitrogens is 3. The third kappa shape index (κ3) is 6.39. The standard InChI is InChI=1S/C27H40F2N6O2/c1-23(2,3)34-22(36)37-18-24(4-10-27(28,29)11-5-24)20-17-35-21(33-20)14-19(16-32-35)15-26(8-9-26)31-13-12-25(30)6-7-25/h14,16-17,31H,4-13,15,18,30H2,1-3H3,(H,34,36). The van der Waals surface area contributed by atoms with E-state index in [0.717, 1.165) is 50.6 Å². The zero-order valence-electron chi connectivity index (χ0n) is 22.2. The number of imidazole rings is 1. The van der Waals surface area contributed by atoms with Gasteiger partial charge < -0.3 is 21.1 Å². The molecule has 0 spiro atoms. The highest BCUT2D eigenvalue weighted by Gasteiger charge is 2.47. The van der Waals surface area contributed by atoms with Crippen molar-refractivity contribution in [2.75, 3.05) is 13.2 Å². The maximum atomic E-state index is 14.1. The number of fused-ring (bicyclic) bond motifs is 1. The summed E-state index contributed by atoms with van der Waals surface area (Å²) in [6.45, 7) is 6.51. The van der Waals surface area contributed by atoms with Gasteiger partial charge in [0.15, 0.2) is 5.65 Å². The minimum atomic E-state index is -2.71. The summed E-state index contributed by atoms with van der Waals surface area (Å²) in [5, 5.41) is 11.1. The van der Waals surface area contributed by atoms with Crippen molar-refractivity contribution in [3.63, 3.8) is 0 Å². The van der Waals surface area contributed by atoms with Gasteiger partial charge in [-0.25, -0.2) is 23.1 Å². The van der Waals surface area contributed by atoms with Crippen LogP contribution in [0.2, 0.25) is 0 Å². The summed E-state index contributed by atoms with van der Waals surface area (Å²) in [5.41, 5.74) is 7.57. The molecule has 2 aromatic rings. The van der Waals surface area contributed by atoms with Gasteiger partial charge in [-0.05, 0) is 90.3 Å². The highest BCUT2D eigenvalue weighted by atomic mass is 19.3. The number of alkyl carbamates (subject to hydrolysis) is 1. The first kappa shape index (κ1) is 26.3. The Balaban J connectivity index is 1.30. The van der Waals surface area contributed by atoms with E-state index in [0.29, 0.717) is 11.3 Å². The second-order valence-electron chi connectivity index (χ2n) is 12.9. The SMILES string of the molecule is CC(C)(C)NC(=O)OCC1(c2cn3ncc(CC4(NCCC5(N)CC5)CC4)cc3n2)CCC(F)(F)CC1. The maximum absolute atomic E-state index is 14.1. The number of alkyl halides is 2. The van der Waals surface area contributed by atoms with E-state index < -0.39 is 23.0 Å². The number of amides is 1. The maximum Gasteiger partial charge on any atom is 0.407 e. The molecule has 204 valence electrons. The molecule has 0 bridgehead atoms. The number of nitrogens with zero attached hydrogens (tertiary/aromatic N) is 3. The molecular weight excluding hydrogens is 478 g/mol. The first-order chi connectivity index (χ1) is 17.3. The molecule has 0 saturated heterocycles. The minimum absolute atomic E-state index is 0.00258. The molecule has 0 aliphatic heterocycles. The van der Waals surface area contributed by atoms with Crippen LogP contribution < -0.4 is 16.4 Å². The van der Waals surface area contributed by atoms with E-state index in [1.54, 1.807) is 10.7 Å². The summed E-state index contributed by atoms with van der Waals surface area (Å²) >= 11 is 0. The molecule has 3 aliphatic rings. The Hall–Kier alpha value is -2.33. The molecule has 3 aliphatic carbocycles. The molecule has 10 heteroatoms. The van der Waals surface area contributed by atoms with Crippen molar-refractivity contribution in [2.24, 2.45) is 5.73 Å². The highest BCUT2D eigenvalue weighted by Crippen LogP contribution is 2.45. The van der Waals surface area contributed by atoms with Crippen LogP contribution in [-0.2, 0) is 16.6 Å². The first-order valence-electron chi connectivity index (χ1n) is 13.5. The van der Waals surface area contributed by atoms with E-state index >= 15 is 0 Å². The number of ether oxygens (including phenoxy) is 1. The van der Waals surface area contributed by atoms with Crippen LogP contribution in [0.4, 0.5) is 13.6 Å². The van der Waals surface area contributed by atoms with Gasteiger partial charge in [0, 0.05) is 34.9 Å². The van der Waals surface area contributed by atoms with Crippen LogP contribution in [0.15, 0.2) is 18.5 Å². The molecule has 3 fully saturated rings. The quantitative estimate of drug-likeness (QED) is 0.458. The largest absolute Gasteiger partial charge is 0.449 e. The molecule has 5 rings (SSSR count). The molecule has 0 atom stereocenters. The molecule has 0 unspecified atom stereocenters. The van der Waals surface area contributed by atoms with Gasteiger partial charge >= 0.3 is 6.09 Å². The number of nitrogens with one attached hydrogen (secondary N) is 2. The number of hydrogen-bond acceptors (Lipinski definition) is 6. The summed E-state index contributed by atoms with van der Waals surface area (Å²) < 4.78 is 35.4. The van der Waals surface area contributed by atoms with Crippen molar-refractivity contribution >= 4 is 11.7 Å². The fourth-order valence-electron chi connectivity index (χ4n) is 5.33. The summed E-state index contributed by atoms with van der Waals surface area (Å²) in [4.78, 5) is 17.2. The number of rotatable bonds is 9. The van der Waals surface area contributed by atoms with Gasteiger partial charge in [0.1, 0.15) is 6.61 Å². The van der Waals surface area contributed by atoms with Gasteiger partial charge in [0.05, 0.1) is 18.1 Å². The van der Waals surface area contributed by atoms with Crippen molar-refractivity contribution < 1.29 is 18.3 Å². The Morgan fingerprint density at radius 1 is 1.14 bits per heavy atom. The second kappa shape index (κ2) is 9.15. The second-order valence-corrected chi connectivity index (χ2v) is 12.9. The lowest BCUT2D eigenvalue weighted by atomic mass is 9.71. The molecule has 2 aromatic heterocycles. The van der Waals surface area contributed by atoms with Crippen molar-refractivity contribution in [1.29, 1.82) is 0 Å². The topological polar surface area (TPSA) is 107 Å². The Labute approximate surface area is 217 Å². The monoisotopic (exact) mass is 518 g/mol. The van der Waals surface area contributed by atoms with Crippen LogP contribution in [0.3, 0.4) is 0 Å². The van der Waals surface area contributed by atoms with E-state index in [1.807, 2.05) is 33.0 Å². The molecule has 3 saturated carbocycles. The van der Waals surface area contributed by atoms with Crippen molar-refractivity contribution in [1.82, 2.24) is 25.2 Å². The molecule has 0 radical (unpaired) electrons. The molecule has 8 nitrogen and oxygen atoms in total. The van der Waals surface area contributed by atoms with E-state index in [9.17, 15) is 13.6 Å². The molecule has 0 aromatic carbocycles. The summed E-state index contributed by atoms with van der Waals surface area (Å²) in [6, 6.07) is 2.03. The number of hydrogen-bond donors (Lipinski definition) is 3. The van der Waals surface area contributed by atoms with Crippen molar-refractivity contribution in [2.45, 2.75) is 113 Å². The van der Waals surface area contributed by atoms with Crippen molar-refractivity contribution in [3.05, 3.63) is 29.7 Å². The van der Waals surface area contributed by atoms with E-state index in [1.165, 1.54) is 0 Å². The van der Waals surface area contributed by atoms with Gasteiger partial charge in [-0.15, -0.1) is 0 Å². The van der Waals surface area contributed by atoms with Crippen LogP contribution in [-0.4, -0.2) is 56.4 Å². The lowest BCUT2D eigenvalue weighted by Gasteiger charge is -2.38. The van der Waals surface area contributed by atoms with E-state index in [4.69, 9.17) is 15.5 Å². The first-order valence-corrected chi connectivity index (χ1v) is 13.5. The predicted octanol–water partition coefficient (Wildman–Crippen LogP) is 4.25. The van der Waals surface area contributed by atoms with Crippen LogP contribution in [0.5, 0.6) is 0 Å². The summed E-state index contributed by atoms with van der Waals surface area (Å²) in [6.07, 6.45) is 9.33. The molecule has 2 heterocycles. The van der Waals surface area contributed by atoms with E-state index in [-0.39, 0.29) is 43.4 Å². The smallest absolute Gasteiger partial charge is 0.407 e. The van der Waals surface area contributed by atoms with Gasteiger partial charge in [-0.2, -0.15) is 5.10 Å². The average molecular weight is 519 g/mol. The number of nitrogens with two attached hydrogens (primary N) is 1. The van der Waals surface area contributed by atoms with Gasteiger partial charge in [0.25, 0.3) is 0 Å². The Kier molecular flexibility index (Phi) is 6.50. The fraction of sp³-hybridized carbons (Fsp3) is 0.741. The van der Waals surface area contributed by atoms with Crippen LogP contribution in [0.25, 0.3) is 5.65 Å². The molecular formula is C27H40F2N6O2. The van der Waals surface area contributed by atoms with Crippen LogP contribution in [0.1, 0.15) is 89.8 Å². The Bertz CT molecular complexity index is 1140. The molecule has 4 N–H and O–H groups in total. The van der Waals surface area contributed by atoms with Crippen LogP contribution in [0, 0.1) is 0 Å². The summed E-state index contributed by atoms with van der Waals surface area (Å²) in [7, 11) is 0. The Morgan fingerprint density at radius 2 is 1.84 bits per heavy atom. The van der Waals surface area contributed by atoms with Gasteiger partial charge in [-0.1, -0.05) is 0 Å². The van der Waals surface area contributed by atoms with Crippen molar-refractivity contribution in [3.8, 4) is 0 Å².